The summed E-state index contributed by atoms with van der Waals surface area (Å²) in [7, 11) is -4.67. The van der Waals surface area contributed by atoms with Crippen LogP contribution in [0.3, 0.4) is 0 Å². The minimum Gasteiger partial charge on any atom is -0.307 e. The van der Waals surface area contributed by atoms with Crippen molar-refractivity contribution >= 4 is 10.4 Å². The van der Waals surface area contributed by atoms with Crippen molar-refractivity contribution in [2.75, 3.05) is 0 Å². The van der Waals surface area contributed by atoms with Crippen LogP contribution < -0.4 is 0 Å². The summed E-state index contributed by atoms with van der Waals surface area (Å²) in [6.07, 6.45) is 0. The zero-order chi connectivity index (χ0) is 19.0. The molecule has 0 spiro atoms. The van der Waals surface area contributed by atoms with Crippen LogP contribution in [0.15, 0.2) is 0 Å². The molecule has 0 saturated heterocycles. The molecule has 0 saturated carbocycles. The second-order valence-corrected chi connectivity index (χ2v) is 10.7. The molecule has 2 N–H and O–H groups in total. The number of hydrogen-bond donors (Lipinski definition) is 2. The van der Waals surface area contributed by atoms with Crippen molar-refractivity contribution in [1.82, 2.24) is 0 Å². The highest BCUT2D eigenvalue weighted by Crippen LogP contribution is 2.50. The molecule has 136 valence electrons. The van der Waals surface area contributed by atoms with Gasteiger partial charge < -0.3 is 4.48 Å². The molecule has 0 amide bonds. The third kappa shape index (κ3) is 5.48. The third-order valence-electron chi connectivity index (χ3n) is 4.02. The van der Waals surface area contributed by atoms with E-state index in [4.69, 9.17) is 17.5 Å². The smallest absolute Gasteiger partial charge is 0.307 e. The van der Waals surface area contributed by atoms with Gasteiger partial charge in [-0.2, -0.15) is 8.42 Å². The second kappa shape index (κ2) is 6.38. The topological polar surface area (TPSA) is 74.6 Å². The molecule has 0 rings (SSSR count). The van der Waals surface area contributed by atoms with Crippen LogP contribution in [0.1, 0.15) is 83.1 Å². The van der Waals surface area contributed by atoms with Gasteiger partial charge in [-0.25, -0.2) is 0 Å². The standard InChI is InChI=1S/C16H36N.H2O4S/c1-13(2,3)17(14(4,5)6,15(7,8)9)16(10,11)12;1-5(2,3)4/h1-12H3;(H2,1,2,3,4)/q+1;. The molecular weight excluding hydrogens is 302 g/mol. The van der Waals surface area contributed by atoms with Gasteiger partial charge in [0.1, 0.15) is 0 Å². The molecule has 0 atom stereocenters. The Labute approximate surface area is 138 Å². The molecular formula is C16H38NO4S+. The Bertz CT molecular complexity index is 385. The predicted molar refractivity (Wildman–Crippen MR) is 93.4 cm³/mol. The van der Waals surface area contributed by atoms with Gasteiger partial charge in [-0.05, 0) is 83.1 Å². The largest absolute Gasteiger partial charge is 0.394 e. The molecule has 0 unspecified atom stereocenters. The summed E-state index contributed by atoms with van der Waals surface area (Å²) in [5, 5.41) is 0. The predicted octanol–water partition coefficient (Wildman–Crippen LogP) is 4.34. The Balaban J connectivity index is 0. The van der Waals surface area contributed by atoms with Gasteiger partial charge in [-0.3, -0.25) is 9.11 Å². The van der Waals surface area contributed by atoms with Gasteiger partial charge in [-0.15, -0.1) is 0 Å². The maximum atomic E-state index is 8.74. The minimum atomic E-state index is -4.67. The van der Waals surface area contributed by atoms with E-state index in [9.17, 15) is 0 Å². The van der Waals surface area contributed by atoms with Crippen LogP contribution in [0.4, 0.5) is 0 Å². The molecule has 0 aromatic carbocycles. The number of nitrogens with zero attached hydrogens (tertiary/aromatic N) is 1. The first kappa shape index (κ1) is 24.1. The van der Waals surface area contributed by atoms with Crippen LogP contribution in [0, 0.1) is 0 Å². The van der Waals surface area contributed by atoms with Gasteiger partial charge in [-0.1, -0.05) is 0 Å². The SMILES string of the molecule is CC(C)(C)[N+](C(C)(C)C)(C(C)(C)C)C(C)(C)C.O=S(=O)(O)O. The van der Waals surface area contributed by atoms with E-state index in [1.165, 1.54) is 0 Å². The molecule has 0 aromatic rings. The molecule has 6 heteroatoms. The van der Waals surface area contributed by atoms with Crippen LogP contribution in [-0.2, 0) is 10.4 Å². The van der Waals surface area contributed by atoms with Crippen molar-refractivity contribution in [3.05, 3.63) is 0 Å². The summed E-state index contributed by atoms with van der Waals surface area (Å²) < 4.78 is 32.7. The zero-order valence-electron chi connectivity index (χ0n) is 16.6. The van der Waals surface area contributed by atoms with E-state index >= 15 is 0 Å². The summed E-state index contributed by atoms with van der Waals surface area (Å²) in [6.45, 7) is 28.6. The molecule has 0 aromatic heterocycles. The molecule has 5 nitrogen and oxygen atoms in total. The second-order valence-electron chi connectivity index (χ2n) is 9.80. The fourth-order valence-electron chi connectivity index (χ4n) is 6.04. The quantitative estimate of drug-likeness (QED) is 0.508. The Hall–Kier alpha value is -0.170. The maximum absolute atomic E-state index is 8.74. The van der Waals surface area contributed by atoms with Gasteiger partial charge in [0, 0.05) is 0 Å². The lowest BCUT2D eigenvalue weighted by Crippen LogP contribution is -2.82. The van der Waals surface area contributed by atoms with Crippen LogP contribution >= 0.6 is 0 Å². The van der Waals surface area contributed by atoms with Crippen molar-refractivity contribution in [3.8, 4) is 0 Å². The fraction of sp³-hybridized carbons (Fsp3) is 1.00. The molecule has 22 heavy (non-hydrogen) atoms. The Kier molecular flexibility index (Phi) is 6.99. The fourth-order valence-corrected chi connectivity index (χ4v) is 6.04. The van der Waals surface area contributed by atoms with Gasteiger partial charge in [0.05, 0.1) is 22.2 Å². The summed E-state index contributed by atoms with van der Waals surface area (Å²) in [5.41, 5.74) is 0.812. The Morgan fingerprint density at radius 1 is 0.545 bits per heavy atom. The first-order valence-corrected chi connectivity index (χ1v) is 8.99. The third-order valence-corrected chi connectivity index (χ3v) is 4.02. The van der Waals surface area contributed by atoms with E-state index in [0.717, 1.165) is 4.48 Å². The Morgan fingerprint density at radius 3 is 0.636 bits per heavy atom. The zero-order valence-corrected chi connectivity index (χ0v) is 17.4. The molecule has 0 bridgehead atoms. The van der Waals surface area contributed by atoms with E-state index in [0.29, 0.717) is 0 Å². The molecule has 0 aliphatic rings. The molecule has 0 aliphatic heterocycles. The van der Waals surface area contributed by atoms with E-state index < -0.39 is 10.4 Å². The van der Waals surface area contributed by atoms with Crippen molar-refractivity contribution in [2.24, 2.45) is 0 Å². The van der Waals surface area contributed by atoms with Gasteiger partial charge in [0.2, 0.25) is 0 Å². The van der Waals surface area contributed by atoms with E-state index in [-0.39, 0.29) is 22.2 Å². The molecule has 0 heterocycles. The van der Waals surface area contributed by atoms with Gasteiger partial charge in [0.25, 0.3) is 0 Å². The molecule has 0 radical (unpaired) electrons. The molecule has 0 aliphatic carbocycles. The van der Waals surface area contributed by atoms with Gasteiger partial charge >= 0.3 is 10.4 Å². The average molecular weight is 341 g/mol. The summed E-state index contributed by atoms with van der Waals surface area (Å²) in [4.78, 5) is 0. The normalized spacial score (nSPS) is 15.2. The summed E-state index contributed by atoms with van der Waals surface area (Å²) in [6, 6.07) is 0. The molecule has 0 fully saturated rings. The highest BCUT2D eigenvalue weighted by molar-refractivity contribution is 7.79. The highest BCUT2D eigenvalue weighted by Gasteiger charge is 2.62. The number of rotatable bonds is 0. The average Bonchev–Trinajstić information content (AvgIpc) is 1.83. The lowest BCUT2D eigenvalue weighted by atomic mass is 9.75. The highest BCUT2D eigenvalue weighted by atomic mass is 32.3. The van der Waals surface area contributed by atoms with Crippen molar-refractivity contribution in [3.63, 3.8) is 0 Å². The number of quaternary nitrogens is 1. The van der Waals surface area contributed by atoms with E-state index in [1.54, 1.807) is 0 Å². The van der Waals surface area contributed by atoms with Crippen LogP contribution in [-0.4, -0.2) is 44.2 Å². The van der Waals surface area contributed by atoms with Crippen molar-refractivity contribution in [1.29, 1.82) is 0 Å². The lowest BCUT2D eigenvalue weighted by Gasteiger charge is -2.70. The van der Waals surface area contributed by atoms with Crippen LogP contribution in [0.25, 0.3) is 0 Å². The first-order valence-electron chi connectivity index (χ1n) is 7.59. The van der Waals surface area contributed by atoms with E-state index in [2.05, 4.69) is 83.1 Å². The monoisotopic (exact) mass is 340 g/mol. The van der Waals surface area contributed by atoms with Crippen molar-refractivity contribution < 1.29 is 22.0 Å². The maximum Gasteiger partial charge on any atom is 0.394 e. The van der Waals surface area contributed by atoms with Crippen LogP contribution in [0.2, 0.25) is 0 Å². The first-order chi connectivity index (χ1) is 9.00. The summed E-state index contributed by atoms with van der Waals surface area (Å²) >= 11 is 0. The van der Waals surface area contributed by atoms with E-state index in [1.807, 2.05) is 0 Å². The summed E-state index contributed by atoms with van der Waals surface area (Å²) in [5.74, 6) is 0. The number of hydrogen-bond acceptors (Lipinski definition) is 2. The minimum absolute atomic E-state index is 0.203. The lowest BCUT2D eigenvalue weighted by molar-refractivity contribution is -1.08. The van der Waals surface area contributed by atoms with Gasteiger partial charge in [0.15, 0.2) is 0 Å². The van der Waals surface area contributed by atoms with Crippen LogP contribution in [0.5, 0.6) is 0 Å². The Morgan fingerprint density at radius 2 is 0.636 bits per heavy atom. The van der Waals surface area contributed by atoms with Crippen molar-refractivity contribution in [2.45, 2.75) is 105 Å².